The molecule has 0 N–H and O–H groups in total. The van der Waals surface area contributed by atoms with Crippen molar-refractivity contribution in [2.45, 2.75) is 33.3 Å². The van der Waals surface area contributed by atoms with Gasteiger partial charge in [0.25, 0.3) is 0 Å². The molecule has 0 rings (SSSR count). The Bertz CT molecular complexity index is 156. The summed E-state index contributed by atoms with van der Waals surface area (Å²) in [4.78, 5) is 10.8. The quantitative estimate of drug-likeness (QED) is 0.371. The zero-order valence-corrected chi connectivity index (χ0v) is 8.27. The third-order valence-electron chi connectivity index (χ3n) is 0.747. The van der Waals surface area contributed by atoms with Crippen LogP contribution >= 0.6 is 0 Å². The molecule has 0 aliphatic heterocycles. The maximum Gasteiger partial charge on any atom is 0.333 e. The van der Waals surface area contributed by atoms with Crippen LogP contribution < -0.4 is 0 Å². The van der Waals surface area contributed by atoms with Crippen LogP contribution in [0.5, 0.6) is 0 Å². The van der Waals surface area contributed by atoms with Crippen molar-refractivity contribution in [2.24, 2.45) is 0 Å². The second kappa shape index (κ2) is 4.58. The minimum absolute atomic E-state index is 0. The largest absolute Gasteiger partial charge is 0.457 e. The molecule has 0 heterocycles. The first-order valence-electron chi connectivity index (χ1n) is 3.22. The Balaban J connectivity index is 0. The van der Waals surface area contributed by atoms with Gasteiger partial charge in [0.1, 0.15) is 5.60 Å². The number of carbonyl (C=O) groups is 1. The van der Waals surface area contributed by atoms with Gasteiger partial charge in [0.2, 0.25) is 0 Å². The second-order valence-electron chi connectivity index (χ2n) is 3.28. The van der Waals surface area contributed by atoms with Crippen LogP contribution in [0.4, 0.5) is 0 Å². The summed E-state index contributed by atoms with van der Waals surface area (Å²) in [6, 6.07) is 0. The van der Waals surface area contributed by atoms with E-state index in [9.17, 15) is 4.79 Å². The number of esters is 1. The molecule has 0 bridgehead atoms. The van der Waals surface area contributed by atoms with E-state index in [1.165, 1.54) is 0 Å². The Kier molecular flexibility index (Phi) is 5.54. The Morgan fingerprint density at radius 3 is 1.82 bits per heavy atom. The Hall–Kier alpha value is -0.271. The van der Waals surface area contributed by atoms with Crippen LogP contribution in [0.25, 0.3) is 0 Å². The van der Waals surface area contributed by atoms with Gasteiger partial charge in [-0.3, -0.25) is 0 Å². The van der Waals surface area contributed by atoms with Crippen molar-refractivity contribution < 1.29 is 26.6 Å². The van der Waals surface area contributed by atoms with Crippen LogP contribution in [-0.4, -0.2) is 11.6 Å². The predicted molar refractivity (Wildman–Crippen MR) is 40.7 cm³/mol. The first kappa shape index (κ1) is 13.3. The molecule has 11 heavy (non-hydrogen) atoms. The van der Waals surface area contributed by atoms with Crippen molar-refractivity contribution in [3.63, 3.8) is 0 Å². The van der Waals surface area contributed by atoms with Gasteiger partial charge in [0.05, 0.1) is 0 Å². The molecule has 0 aliphatic carbocycles. The number of carbonyl (C=O) groups excluding carboxylic acids is 1. The van der Waals surface area contributed by atoms with E-state index < -0.39 is 5.60 Å². The molecule has 0 unspecified atom stereocenters. The molecule has 0 fully saturated rings. The maximum absolute atomic E-state index is 10.8. The summed E-state index contributed by atoms with van der Waals surface area (Å²) < 4.78 is 4.96. The Labute approximate surface area is 78.5 Å². The summed E-state index contributed by atoms with van der Waals surface area (Å²) in [5.74, 6) is -0.326. The molecule has 0 aromatic heterocycles. The standard InChI is InChI=1S/C8H14O2.Cu/c1-6(2)7(9)10-8(3,4)5;/h1H2,2-5H3;. The van der Waals surface area contributed by atoms with E-state index in [1.54, 1.807) is 6.92 Å². The monoisotopic (exact) mass is 205 g/mol. The van der Waals surface area contributed by atoms with Crippen molar-refractivity contribution >= 4 is 5.97 Å². The summed E-state index contributed by atoms with van der Waals surface area (Å²) >= 11 is 0. The normalized spacial score (nSPS) is 9.82. The average Bonchev–Trinajstić information content (AvgIpc) is 1.60. The zero-order chi connectivity index (χ0) is 8.36. The summed E-state index contributed by atoms with van der Waals surface area (Å²) in [5, 5.41) is 0. The second-order valence-corrected chi connectivity index (χ2v) is 3.28. The van der Waals surface area contributed by atoms with Crippen molar-refractivity contribution in [2.75, 3.05) is 0 Å². The molecule has 0 saturated carbocycles. The number of rotatable bonds is 1. The molecule has 69 valence electrons. The Morgan fingerprint density at radius 1 is 1.36 bits per heavy atom. The summed E-state index contributed by atoms with van der Waals surface area (Å²) in [6.07, 6.45) is 0. The topological polar surface area (TPSA) is 26.3 Å². The van der Waals surface area contributed by atoms with Gasteiger partial charge >= 0.3 is 5.97 Å². The zero-order valence-electron chi connectivity index (χ0n) is 7.33. The summed E-state index contributed by atoms with van der Waals surface area (Å²) in [7, 11) is 0. The fourth-order valence-electron chi connectivity index (χ4n) is 0.365. The van der Waals surface area contributed by atoms with E-state index in [2.05, 4.69) is 6.58 Å². The van der Waals surface area contributed by atoms with Crippen LogP contribution in [0.2, 0.25) is 0 Å². The van der Waals surface area contributed by atoms with Crippen molar-refractivity contribution in [1.29, 1.82) is 0 Å². The molecule has 0 aromatic rings. The van der Waals surface area contributed by atoms with Crippen molar-refractivity contribution in [3.8, 4) is 0 Å². The van der Waals surface area contributed by atoms with E-state index in [-0.39, 0.29) is 23.0 Å². The number of hydrogen-bond donors (Lipinski definition) is 0. The van der Waals surface area contributed by atoms with Gasteiger partial charge in [0.15, 0.2) is 0 Å². The van der Waals surface area contributed by atoms with Gasteiger partial charge in [-0.25, -0.2) is 4.79 Å². The third-order valence-corrected chi connectivity index (χ3v) is 0.747. The third kappa shape index (κ3) is 7.63. The molecular weight excluding hydrogens is 192 g/mol. The van der Waals surface area contributed by atoms with Gasteiger partial charge in [-0.15, -0.1) is 0 Å². The minimum atomic E-state index is -0.407. The fraction of sp³-hybridized carbons (Fsp3) is 0.625. The minimum Gasteiger partial charge on any atom is -0.457 e. The Morgan fingerprint density at radius 2 is 1.73 bits per heavy atom. The molecule has 0 amide bonds. The van der Waals surface area contributed by atoms with Gasteiger partial charge in [-0.1, -0.05) is 6.58 Å². The molecule has 2 nitrogen and oxygen atoms in total. The van der Waals surface area contributed by atoms with Crippen LogP contribution in [0.15, 0.2) is 12.2 Å². The van der Waals surface area contributed by atoms with Crippen molar-refractivity contribution in [3.05, 3.63) is 12.2 Å². The fourth-order valence-corrected chi connectivity index (χ4v) is 0.365. The predicted octanol–water partition coefficient (Wildman–Crippen LogP) is 1.90. The first-order valence-corrected chi connectivity index (χ1v) is 3.22. The molecule has 0 atom stereocenters. The van der Waals surface area contributed by atoms with E-state index in [1.807, 2.05) is 20.8 Å². The summed E-state index contributed by atoms with van der Waals surface area (Å²) in [5.41, 5.74) is 0.0330. The molecule has 0 aromatic carbocycles. The van der Waals surface area contributed by atoms with Crippen LogP contribution in [0.1, 0.15) is 27.7 Å². The van der Waals surface area contributed by atoms with E-state index >= 15 is 0 Å². The van der Waals surface area contributed by atoms with Gasteiger partial charge in [-0.2, -0.15) is 0 Å². The average molecular weight is 206 g/mol. The van der Waals surface area contributed by atoms with Crippen LogP contribution in [-0.2, 0) is 26.6 Å². The van der Waals surface area contributed by atoms with Gasteiger partial charge in [-0.05, 0) is 27.7 Å². The number of ether oxygens (including phenoxy) is 1. The van der Waals surface area contributed by atoms with Gasteiger partial charge < -0.3 is 4.74 Å². The summed E-state index contributed by atoms with van der Waals surface area (Å²) in [6.45, 7) is 10.6. The van der Waals surface area contributed by atoms with E-state index in [4.69, 9.17) is 4.74 Å². The smallest absolute Gasteiger partial charge is 0.333 e. The molecule has 3 heteroatoms. The van der Waals surface area contributed by atoms with Gasteiger partial charge in [0, 0.05) is 22.6 Å². The van der Waals surface area contributed by atoms with E-state index in [0.29, 0.717) is 5.57 Å². The van der Waals surface area contributed by atoms with Crippen LogP contribution in [0, 0.1) is 0 Å². The first-order chi connectivity index (χ1) is 4.33. The number of hydrogen-bond acceptors (Lipinski definition) is 2. The maximum atomic E-state index is 10.8. The molecule has 0 aliphatic rings. The molecule has 0 saturated heterocycles. The SMILES string of the molecule is C=C(C)C(=O)OC(C)(C)C.[Cu]. The van der Waals surface area contributed by atoms with Crippen molar-refractivity contribution in [1.82, 2.24) is 0 Å². The molecule has 0 spiro atoms. The molecule has 1 radical (unpaired) electrons. The van der Waals surface area contributed by atoms with Crippen LogP contribution in [0.3, 0.4) is 0 Å². The van der Waals surface area contributed by atoms with E-state index in [0.717, 1.165) is 0 Å². The molecular formula is C8H14CuO2.